The topological polar surface area (TPSA) is 95.8 Å². The predicted molar refractivity (Wildman–Crippen MR) is 65.2 cm³/mol. The molecule has 1 aliphatic carbocycles. The first-order valence-electron chi connectivity index (χ1n) is 7.24. The Labute approximate surface area is 115 Å². The van der Waals surface area contributed by atoms with Crippen LogP contribution >= 0.6 is 0 Å². The standard InChI is InChI=1S/C11H10FN5O3/c1-15-11(18)16(14-13-15)9-5-10(17(19)20)8(12)4-7(9)6-2-3-6/h4-6H,2-3H2,1H3/i1D3. The van der Waals surface area contributed by atoms with Crippen molar-refractivity contribution < 1.29 is 13.4 Å². The number of rotatable bonds is 3. The zero-order chi connectivity index (χ0) is 16.9. The number of nitro benzene ring substituents is 1. The van der Waals surface area contributed by atoms with E-state index in [2.05, 4.69) is 10.4 Å². The van der Waals surface area contributed by atoms with Crippen molar-refractivity contribution in [1.29, 1.82) is 0 Å². The van der Waals surface area contributed by atoms with Crippen LogP contribution in [0.15, 0.2) is 16.9 Å². The first-order chi connectivity index (χ1) is 10.7. The lowest BCUT2D eigenvalue weighted by Crippen LogP contribution is -2.23. The van der Waals surface area contributed by atoms with Crippen LogP contribution in [0.3, 0.4) is 0 Å². The number of hydrogen-bond donors (Lipinski definition) is 0. The SMILES string of the molecule is [2H]C([2H])([2H])n1nnn(-c2cc([N+](=O)[O-])c(F)cc2C2CC2)c1=O. The Morgan fingerprint density at radius 2 is 2.25 bits per heavy atom. The number of aromatic nitrogens is 4. The molecule has 0 bridgehead atoms. The van der Waals surface area contributed by atoms with Crippen molar-refractivity contribution in [2.24, 2.45) is 6.98 Å². The highest BCUT2D eigenvalue weighted by atomic mass is 19.1. The third kappa shape index (κ3) is 1.87. The minimum atomic E-state index is -2.83. The molecule has 1 aliphatic rings. The Morgan fingerprint density at radius 1 is 1.50 bits per heavy atom. The Kier molecular flexibility index (Phi) is 1.97. The maximum atomic E-state index is 13.8. The number of halogens is 1. The van der Waals surface area contributed by atoms with Gasteiger partial charge in [-0.1, -0.05) is 0 Å². The van der Waals surface area contributed by atoms with E-state index in [1.54, 1.807) is 0 Å². The molecule has 1 aromatic carbocycles. The molecule has 8 nitrogen and oxygen atoms in total. The van der Waals surface area contributed by atoms with Crippen molar-refractivity contribution in [3.05, 3.63) is 44.1 Å². The summed E-state index contributed by atoms with van der Waals surface area (Å²) in [6.45, 7) is -2.83. The van der Waals surface area contributed by atoms with Crippen molar-refractivity contribution in [2.45, 2.75) is 18.8 Å². The van der Waals surface area contributed by atoms with Gasteiger partial charge in [0, 0.05) is 17.2 Å². The monoisotopic (exact) mass is 282 g/mol. The highest BCUT2D eigenvalue weighted by Crippen LogP contribution is 2.43. The number of nitrogens with zero attached hydrogens (tertiary/aromatic N) is 5. The van der Waals surface area contributed by atoms with Gasteiger partial charge in [-0.2, -0.15) is 13.8 Å². The zero-order valence-corrected chi connectivity index (χ0v) is 9.99. The molecular formula is C11H10FN5O3. The lowest BCUT2D eigenvalue weighted by atomic mass is 10.1. The summed E-state index contributed by atoms with van der Waals surface area (Å²) < 4.78 is 36.2. The number of tetrazole rings is 1. The van der Waals surface area contributed by atoms with E-state index in [1.165, 1.54) is 0 Å². The number of benzene rings is 1. The van der Waals surface area contributed by atoms with Gasteiger partial charge < -0.3 is 0 Å². The minimum absolute atomic E-state index is 0.0268. The second-order valence-corrected chi connectivity index (χ2v) is 4.48. The molecular weight excluding hydrogens is 269 g/mol. The summed E-state index contributed by atoms with van der Waals surface area (Å²) in [4.78, 5) is 22.1. The van der Waals surface area contributed by atoms with Crippen molar-refractivity contribution in [3.63, 3.8) is 0 Å². The summed E-state index contributed by atoms with van der Waals surface area (Å²) >= 11 is 0. The van der Waals surface area contributed by atoms with Crippen molar-refractivity contribution in [2.75, 3.05) is 0 Å². The lowest BCUT2D eigenvalue weighted by molar-refractivity contribution is -0.387. The first-order valence-corrected chi connectivity index (χ1v) is 5.74. The van der Waals surface area contributed by atoms with E-state index in [0.29, 0.717) is 10.2 Å². The van der Waals surface area contributed by atoms with Crippen LogP contribution in [0.25, 0.3) is 5.69 Å². The fourth-order valence-electron chi connectivity index (χ4n) is 2.01. The van der Waals surface area contributed by atoms with E-state index in [1.807, 2.05) is 0 Å². The predicted octanol–water partition coefficient (Wildman–Crippen LogP) is 0.891. The van der Waals surface area contributed by atoms with Gasteiger partial charge in [-0.25, -0.2) is 4.79 Å². The van der Waals surface area contributed by atoms with Crippen LogP contribution < -0.4 is 5.69 Å². The highest BCUT2D eigenvalue weighted by Gasteiger charge is 2.31. The van der Waals surface area contributed by atoms with E-state index in [9.17, 15) is 19.3 Å². The van der Waals surface area contributed by atoms with Gasteiger partial charge >= 0.3 is 11.4 Å². The molecule has 2 aromatic rings. The molecule has 0 unspecified atom stereocenters. The average Bonchev–Trinajstić information content (AvgIpc) is 3.20. The molecule has 1 heterocycles. The van der Waals surface area contributed by atoms with Gasteiger partial charge in [0.1, 0.15) is 0 Å². The molecule has 1 saturated carbocycles. The van der Waals surface area contributed by atoms with E-state index in [0.717, 1.165) is 25.0 Å². The smallest absolute Gasteiger partial charge is 0.258 e. The molecule has 0 N–H and O–H groups in total. The quantitative estimate of drug-likeness (QED) is 0.615. The molecule has 1 aromatic heterocycles. The molecule has 1 fully saturated rings. The molecule has 20 heavy (non-hydrogen) atoms. The summed E-state index contributed by atoms with van der Waals surface area (Å²) in [6.07, 6.45) is 1.48. The zero-order valence-electron chi connectivity index (χ0n) is 13.0. The molecule has 3 rings (SSSR count). The third-order valence-corrected chi connectivity index (χ3v) is 3.12. The van der Waals surface area contributed by atoms with Crippen LogP contribution in [0, 0.1) is 15.9 Å². The van der Waals surface area contributed by atoms with Gasteiger partial charge in [-0.3, -0.25) is 10.1 Å². The van der Waals surface area contributed by atoms with Gasteiger partial charge in [0.2, 0.25) is 5.82 Å². The van der Waals surface area contributed by atoms with Crippen LogP contribution in [0.2, 0.25) is 0 Å². The number of hydrogen-bond acceptors (Lipinski definition) is 5. The van der Waals surface area contributed by atoms with Gasteiger partial charge in [0.05, 0.1) is 10.6 Å². The summed E-state index contributed by atoms with van der Waals surface area (Å²) in [7, 11) is 0. The Morgan fingerprint density at radius 3 is 2.80 bits per heavy atom. The molecule has 0 spiro atoms. The van der Waals surface area contributed by atoms with Gasteiger partial charge in [-0.15, -0.1) is 0 Å². The normalized spacial score (nSPS) is 17.4. The van der Waals surface area contributed by atoms with E-state index in [4.69, 9.17) is 4.11 Å². The van der Waals surface area contributed by atoms with Crippen LogP contribution in [0.1, 0.15) is 28.4 Å². The summed E-state index contributed by atoms with van der Waals surface area (Å²) in [6, 6.07) is 1.87. The summed E-state index contributed by atoms with van der Waals surface area (Å²) in [5.41, 5.74) is -1.55. The average molecular weight is 282 g/mol. The lowest BCUT2D eigenvalue weighted by Gasteiger charge is -2.07. The van der Waals surface area contributed by atoms with Crippen molar-refractivity contribution >= 4 is 5.69 Å². The van der Waals surface area contributed by atoms with Crippen molar-refractivity contribution in [3.8, 4) is 5.69 Å². The second-order valence-electron chi connectivity index (χ2n) is 4.48. The van der Waals surface area contributed by atoms with Gasteiger partial charge in [-0.05, 0) is 40.8 Å². The van der Waals surface area contributed by atoms with Crippen LogP contribution in [0.4, 0.5) is 10.1 Å². The highest BCUT2D eigenvalue weighted by molar-refractivity contribution is 5.52. The molecule has 104 valence electrons. The molecule has 9 heteroatoms. The Bertz CT molecular complexity index is 856. The molecule has 0 saturated heterocycles. The first kappa shape index (κ1) is 9.34. The molecule has 0 atom stereocenters. The largest absolute Gasteiger partial charge is 0.368 e. The number of nitro groups is 1. The van der Waals surface area contributed by atoms with Gasteiger partial charge in [0.15, 0.2) is 0 Å². The maximum Gasteiger partial charge on any atom is 0.368 e. The molecule has 0 amide bonds. The third-order valence-electron chi connectivity index (χ3n) is 3.12. The van der Waals surface area contributed by atoms with E-state index >= 15 is 0 Å². The van der Waals surface area contributed by atoms with Crippen LogP contribution in [0.5, 0.6) is 0 Å². The van der Waals surface area contributed by atoms with Gasteiger partial charge in [0.25, 0.3) is 0 Å². The van der Waals surface area contributed by atoms with E-state index < -0.39 is 29.1 Å². The molecule has 0 aliphatic heterocycles. The second kappa shape index (κ2) is 4.22. The van der Waals surface area contributed by atoms with Crippen molar-refractivity contribution in [1.82, 2.24) is 19.8 Å². The minimum Gasteiger partial charge on any atom is -0.258 e. The fourth-order valence-corrected chi connectivity index (χ4v) is 2.01. The fraction of sp³-hybridized carbons (Fsp3) is 0.364. The maximum absolute atomic E-state index is 13.8. The van der Waals surface area contributed by atoms with Crippen LogP contribution in [-0.2, 0) is 6.98 Å². The Hall–Kier alpha value is -2.58. The summed E-state index contributed by atoms with van der Waals surface area (Å²) in [5.74, 6) is -1.07. The van der Waals surface area contributed by atoms with E-state index in [-0.39, 0.29) is 16.3 Å². The van der Waals surface area contributed by atoms with Crippen LogP contribution in [-0.4, -0.2) is 24.7 Å². The molecule has 0 radical (unpaired) electrons. The summed E-state index contributed by atoms with van der Waals surface area (Å²) in [5, 5.41) is 17.6. The number of aryl methyl sites for hydroxylation is 1. The Balaban J connectivity index is 2.23.